The van der Waals surface area contributed by atoms with Gasteiger partial charge in [0.25, 0.3) is 0 Å². The predicted octanol–water partition coefficient (Wildman–Crippen LogP) is 1.63. The molecule has 34 heavy (non-hydrogen) atoms. The third-order valence-corrected chi connectivity index (χ3v) is 8.91. The highest BCUT2D eigenvalue weighted by Crippen LogP contribution is 2.40. The van der Waals surface area contributed by atoms with Gasteiger partial charge in [-0.05, 0) is 76.4 Å². The van der Waals surface area contributed by atoms with Gasteiger partial charge in [0.2, 0.25) is 21.8 Å². The Labute approximate surface area is 203 Å². The number of likely N-dealkylation sites (tertiary alicyclic amines) is 1. The molecule has 1 aromatic rings. The molecular formula is C24H37N5O4S. The van der Waals surface area contributed by atoms with Crippen LogP contribution in [-0.2, 0) is 19.6 Å². The lowest BCUT2D eigenvalue weighted by molar-refractivity contribution is -0.125. The van der Waals surface area contributed by atoms with Gasteiger partial charge in [0.15, 0.2) is 0 Å². The minimum Gasteiger partial charge on any atom is -0.358 e. The van der Waals surface area contributed by atoms with Crippen molar-refractivity contribution in [2.24, 2.45) is 0 Å². The number of piperidine rings is 2. The molecule has 9 nitrogen and oxygen atoms in total. The minimum absolute atomic E-state index is 0.106. The summed E-state index contributed by atoms with van der Waals surface area (Å²) in [7, 11) is -0.702. The van der Waals surface area contributed by atoms with Gasteiger partial charge in [0.1, 0.15) is 12.6 Å². The van der Waals surface area contributed by atoms with E-state index in [1.165, 1.54) is 44.3 Å². The van der Waals surface area contributed by atoms with E-state index in [9.17, 15) is 18.0 Å². The smallest absolute Gasteiger partial charge is 0.250 e. The highest BCUT2D eigenvalue weighted by atomic mass is 32.2. The van der Waals surface area contributed by atoms with Crippen molar-refractivity contribution in [3.63, 3.8) is 0 Å². The van der Waals surface area contributed by atoms with Crippen LogP contribution in [0.4, 0.5) is 11.4 Å². The quantitative estimate of drug-likeness (QED) is 0.556. The minimum atomic E-state index is -3.67. The summed E-state index contributed by atoms with van der Waals surface area (Å²) in [5.74, 6) is -0.349. The molecule has 3 aliphatic rings. The molecule has 0 saturated carbocycles. The van der Waals surface area contributed by atoms with Crippen LogP contribution in [0.1, 0.15) is 44.9 Å². The van der Waals surface area contributed by atoms with E-state index >= 15 is 0 Å². The number of nitrogens with zero attached hydrogens (tertiary/aromatic N) is 4. The number of benzene rings is 1. The van der Waals surface area contributed by atoms with Gasteiger partial charge in [-0.3, -0.25) is 14.5 Å². The van der Waals surface area contributed by atoms with E-state index in [4.69, 9.17) is 0 Å². The molecule has 2 amide bonds. The highest BCUT2D eigenvalue weighted by Gasteiger charge is 2.40. The topological polar surface area (TPSA) is 93.3 Å². The van der Waals surface area contributed by atoms with Gasteiger partial charge >= 0.3 is 0 Å². The van der Waals surface area contributed by atoms with Crippen molar-refractivity contribution in [3.8, 4) is 0 Å². The number of nitrogens with one attached hydrogen (secondary N) is 1. The van der Waals surface area contributed by atoms with Gasteiger partial charge in [0, 0.05) is 27.2 Å². The molecule has 0 spiro atoms. The Morgan fingerprint density at radius 3 is 2.53 bits per heavy atom. The Morgan fingerprint density at radius 2 is 1.79 bits per heavy atom. The number of fused-ring (bicyclic) bond motifs is 3. The summed E-state index contributed by atoms with van der Waals surface area (Å²) in [6, 6.07) is 4.61. The van der Waals surface area contributed by atoms with Crippen LogP contribution in [0.15, 0.2) is 23.1 Å². The second kappa shape index (κ2) is 10.6. The number of sulfonamides is 1. The number of hydrogen-bond donors (Lipinski definition) is 1. The lowest BCUT2D eigenvalue weighted by Gasteiger charge is -2.45. The monoisotopic (exact) mass is 491 g/mol. The summed E-state index contributed by atoms with van der Waals surface area (Å²) in [5.41, 5.74) is 1.31. The summed E-state index contributed by atoms with van der Waals surface area (Å²) in [5, 5.41) is 2.96. The molecule has 2 fully saturated rings. The number of amides is 2. The highest BCUT2D eigenvalue weighted by molar-refractivity contribution is 7.89. The summed E-state index contributed by atoms with van der Waals surface area (Å²) in [6.45, 7) is 4.43. The van der Waals surface area contributed by atoms with E-state index in [0.717, 1.165) is 61.9 Å². The molecule has 3 heterocycles. The van der Waals surface area contributed by atoms with E-state index < -0.39 is 10.0 Å². The molecule has 0 radical (unpaired) electrons. The summed E-state index contributed by atoms with van der Waals surface area (Å²) in [6.07, 6.45) is 7.35. The first-order valence-electron chi connectivity index (χ1n) is 12.4. The standard InChI is InChI=1S/C24H37N5O4S/c1-26(2)34(32,33)19-10-11-20-22(17-19)29(24(31)21-9-4-7-16-28(20)21)18-23(30)25-12-8-15-27-13-5-3-6-14-27/h10-11,17,21H,3-9,12-16,18H2,1-2H3,(H,25,30)/t21-/m0/s1. The van der Waals surface area contributed by atoms with Crippen molar-refractivity contribution < 1.29 is 18.0 Å². The molecule has 0 aliphatic carbocycles. The normalized spacial score (nSPS) is 21.4. The number of hydrogen-bond acceptors (Lipinski definition) is 6. The third-order valence-electron chi connectivity index (χ3n) is 7.10. The van der Waals surface area contributed by atoms with Crippen LogP contribution in [-0.4, -0.2) is 88.8 Å². The molecule has 0 bridgehead atoms. The van der Waals surface area contributed by atoms with Crippen LogP contribution in [0, 0.1) is 0 Å². The lowest BCUT2D eigenvalue weighted by atomic mass is 9.96. The van der Waals surface area contributed by atoms with Gasteiger partial charge < -0.3 is 15.1 Å². The Balaban J connectivity index is 1.49. The van der Waals surface area contributed by atoms with E-state index in [1.807, 2.05) is 0 Å². The molecule has 1 atom stereocenters. The second-order valence-corrected chi connectivity index (χ2v) is 11.8. The molecule has 4 rings (SSSR count). The summed E-state index contributed by atoms with van der Waals surface area (Å²) in [4.78, 5) is 32.3. The van der Waals surface area contributed by atoms with Gasteiger partial charge in [-0.1, -0.05) is 6.42 Å². The zero-order valence-corrected chi connectivity index (χ0v) is 21.1. The molecule has 2 saturated heterocycles. The van der Waals surface area contributed by atoms with E-state index in [2.05, 4.69) is 15.1 Å². The van der Waals surface area contributed by atoms with Crippen LogP contribution < -0.4 is 15.1 Å². The number of rotatable bonds is 8. The average molecular weight is 492 g/mol. The van der Waals surface area contributed by atoms with Gasteiger partial charge in [-0.25, -0.2) is 12.7 Å². The maximum Gasteiger partial charge on any atom is 0.250 e. The molecular weight excluding hydrogens is 454 g/mol. The molecule has 188 valence electrons. The maximum absolute atomic E-state index is 13.4. The summed E-state index contributed by atoms with van der Waals surface area (Å²) < 4.78 is 26.6. The SMILES string of the molecule is CN(C)S(=O)(=O)c1ccc2c(c1)N(CC(=O)NCCCN1CCCCC1)C(=O)[C@@H]1CCCCN21. The molecule has 0 aromatic heterocycles. The van der Waals surface area contributed by atoms with Crippen molar-refractivity contribution in [1.82, 2.24) is 14.5 Å². The Hall–Kier alpha value is -2.17. The number of carbonyl (C=O) groups excluding carboxylic acids is 2. The number of carbonyl (C=O) groups is 2. The van der Waals surface area contributed by atoms with Crippen LogP contribution in [0.3, 0.4) is 0 Å². The Bertz CT molecular complexity index is 1010. The fourth-order valence-electron chi connectivity index (χ4n) is 5.18. The second-order valence-electron chi connectivity index (χ2n) is 9.67. The average Bonchev–Trinajstić information content (AvgIpc) is 2.84. The first kappa shape index (κ1) is 24.9. The van der Waals surface area contributed by atoms with Crippen molar-refractivity contribution in [2.75, 3.05) is 63.2 Å². The predicted molar refractivity (Wildman–Crippen MR) is 133 cm³/mol. The first-order valence-corrected chi connectivity index (χ1v) is 13.9. The zero-order valence-electron chi connectivity index (χ0n) is 20.3. The van der Waals surface area contributed by atoms with Crippen molar-refractivity contribution in [2.45, 2.75) is 55.9 Å². The van der Waals surface area contributed by atoms with E-state index in [0.29, 0.717) is 12.2 Å². The van der Waals surface area contributed by atoms with E-state index in [-0.39, 0.29) is 29.3 Å². The first-order chi connectivity index (χ1) is 16.3. The Kier molecular flexibility index (Phi) is 7.79. The zero-order chi connectivity index (χ0) is 24.3. The van der Waals surface area contributed by atoms with Crippen molar-refractivity contribution in [1.29, 1.82) is 0 Å². The van der Waals surface area contributed by atoms with Crippen molar-refractivity contribution >= 4 is 33.2 Å². The lowest BCUT2D eigenvalue weighted by Crippen LogP contribution is -2.57. The fraction of sp³-hybridized carbons (Fsp3) is 0.667. The van der Waals surface area contributed by atoms with Crippen LogP contribution >= 0.6 is 0 Å². The van der Waals surface area contributed by atoms with Crippen LogP contribution in [0.2, 0.25) is 0 Å². The molecule has 0 unspecified atom stereocenters. The molecule has 1 N–H and O–H groups in total. The van der Waals surface area contributed by atoms with Gasteiger partial charge in [-0.15, -0.1) is 0 Å². The Morgan fingerprint density at radius 1 is 1.06 bits per heavy atom. The largest absolute Gasteiger partial charge is 0.358 e. The van der Waals surface area contributed by atoms with Crippen molar-refractivity contribution in [3.05, 3.63) is 18.2 Å². The number of anilines is 2. The molecule has 10 heteroatoms. The maximum atomic E-state index is 13.4. The van der Waals surface area contributed by atoms with E-state index in [1.54, 1.807) is 12.1 Å². The molecule has 3 aliphatic heterocycles. The van der Waals surface area contributed by atoms with Gasteiger partial charge in [0.05, 0.1) is 16.3 Å². The van der Waals surface area contributed by atoms with Crippen LogP contribution in [0.25, 0.3) is 0 Å². The fourth-order valence-corrected chi connectivity index (χ4v) is 6.11. The summed E-state index contributed by atoms with van der Waals surface area (Å²) >= 11 is 0. The van der Waals surface area contributed by atoms with Crippen LogP contribution in [0.5, 0.6) is 0 Å². The molecule has 1 aromatic carbocycles. The van der Waals surface area contributed by atoms with Gasteiger partial charge in [-0.2, -0.15) is 0 Å². The third kappa shape index (κ3) is 5.23.